The Hall–Kier alpha value is -1.05. The second-order valence-electron chi connectivity index (χ2n) is 5.25. The van der Waals surface area contributed by atoms with E-state index in [0.717, 1.165) is 19.3 Å². The van der Waals surface area contributed by atoms with E-state index in [1.54, 1.807) is 6.07 Å². The van der Waals surface area contributed by atoms with Crippen LogP contribution in [0.4, 0.5) is 0 Å². The summed E-state index contributed by atoms with van der Waals surface area (Å²) in [5.41, 5.74) is 5.79. The van der Waals surface area contributed by atoms with Crippen LogP contribution in [0.1, 0.15) is 38.3 Å². The van der Waals surface area contributed by atoms with E-state index >= 15 is 0 Å². The summed E-state index contributed by atoms with van der Waals surface area (Å²) in [7, 11) is -3.64. The Morgan fingerprint density at radius 1 is 1.55 bits per heavy atom. The number of sulfonamides is 1. The molecule has 0 unspecified atom stereocenters. The Kier molecular flexibility index (Phi) is 4.41. The summed E-state index contributed by atoms with van der Waals surface area (Å²) in [6, 6.07) is 3.04. The van der Waals surface area contributed by atoms with Crippen LogP contribution in [0.15, 0.2) is 23.2 Å². The minimum absolute atomic E-state index is 0.0141. The van der Waals surface area contributed by atoms with Gasteiger partial charge in [0.05, 0.1) is 0 Å². The van der Waals surface area contributed by atoms with Gasteiger partial charge in [-0.2, -0.15) is 0 Å². The number of thiocarbonyl (C=S) groups is 1. The molecule has 0 saturated heterocycles. The van der Waals surface area contributed by atoms with Crippen LogP contribution in [0.25, 0.3) is 0 Å². The van der Waals surface area contributed by atoms with Crippen LogP contribution in [-0.2, 0) is 10.0 Å². The van der Waals surface area contributed by atoms with Crippen molar-refractivity contribution >= 4 is 27.2 Å². The molecule has 1 fully saturated rings. The summed E-state index contributed by atoms with van der Waals surface area (Å²) in [6.45, 7) is 2.55. The maximum Gasteiger partial charge on any atom is 0.242 e. The third kappa shape index (κ3) is 2.99. The smallest absolute Gasteiger partial charge is 0.242 e. The summed E-state index contributed by atoms with van der Waals surface area (Å²) >= 11 is 4.86. The van der Waals surface area contributed by atoms with Crippen LogP contribution in [-0.4, -0.2) is 24.9 Å². The molecule has 0 aromatic carbocycles. The summed E-state index contributed by atoms with van der Waals surface area (Å²) in [6.07, 6.45) is 5.76. The minimum atomic E-state index is -3.64. The van der Waals surface area contributed by atoms with E-state index in [4.69, 9.17) is 18.0 Å². The lowest BCUT2D eigenvalue weighted by molar-refractivity contribution is 0.133. The predicted molar refractivity (Wildman–Crippen MR) is 81.9 cm³/mol. The second kappa shape index (κ2) is 5.75. The van der Waals surface area contributed by atoms with Gasteiger partial charge in [0, 0.05) is 12.7 Å². The lowest BCUT2D eigenvalue weighted by Gasteiger charge is -2.41. The van der Waals surface area contributed by atoms with Crippen molar-refractivity contribution in [1.82, 2.24) is 9.71 Å². The Labute approximate surface area is 125 Å². The average Bonchev–Trinajstić information content (AvgIpc) is 2.38. The highest BCUT2D eigenvalue weighted by molar-refractivity contribution is 7.89. The van der Waals surface area contributed by atoms with Crippen molar-refractivity contribution in [3.8, 4) is 0 Å². The second-order valence-corrected chi connectivity index (χ2v) is 7.42. The molecule has 0 radical (unpaired) electrons. The van der Waals surface area contributed by atoms with Gasteiger partial charge in [-0.3, -0.25) is 4.98 Å². The number of nitrogens with two attached hydrogens (primary N) is 1. The summed E-state index contributed by atoms with van der Waals surface area (Å²) in [5.74, 6) is 0. The lowest BCUT2D eigenvalue weighted by atomic mass is 9.67. The van der Waals surface area contributed by atoms with Crippen LogP contribution in [0.3, 0.4) is 0 Å². The van der Waals surface area contributed by atoms with E-state index in [1.165, 1.54) is 18.7 Å². The molecule has 0 spiro atoms. The Bertz CT molecular complexity index is 604. The minimum Gasteiger partial charge on any atom is -0.388 e. The molecule has 20 heavy (non-hydrogen) atoms. The molecular formula is C13H19N3O2S2. The Balaban J connectivity index is 2.21. The molecule has 1 aromatic rings. The number of nitrogens with one attached hydrogen (secondary N) is 1. The first kappa shape index (κ1) is 15.3. The number of pyridine rings is 1. The Morgan fingerprint density at radius 2 is 2.25 bits per heavy atom. The van der Waals surface area contributed by atoms with Crippen LogP contribution in [0.5, 0.6) is 0 Å². The molecule has 2 rings (SSSR count). The number of nitrogens with zero attached hydrogens (tertiary/aromatic N) is 1. The van der Waals surface area contributed by atoms with Gasteiger partial charge < -0.3 is 5.73 Å². The topological polar surface area (TPSA) is 85.1 Å². The van der Waals surface area contributed by atoms with Gasteiger partial charge in [0.15, 0.2) is 0 Å². The van der Waals surface area contributed by atoms with Gasteiger partial charge in [-0.25, -0.2) is 13.1 Å². The highest BCUT2D eigenvalue weighted by atomic mass is 32.2. The van der Waals surface area contributed by atoms with Gasteiger partial charge in [0.25, 0.3) is 0 Å². The third-order valence-corrected chi connectivity index (χ3v) is 5.72. The molecular weight excluding hydrogens is 294 g/mol. The molecule has 0 bridgehead atoms. The molecule has 0 atom stereocenters. The zero-order valence-electron chi connectivity index (χ0n) is 11.4. The van der Waals surface area contributed by atoms with E-state index in [9.17, 15) is 8.42 Å². The average molecular weight is 313 g/mol. The van der Waals surface area contributed by atoms with Crippen LogP contribution in [0, 0.1) is 5.41 Å². The summed E-state index contributed by atoms with van der Waals surface area (Å²) in [4.78, 5) is 4.00. The fourth-order valence-corrected chi connectivity index (χ4v) is 4.00. The molecule has 1 aliphatic carbocycles. The standard InChI is InChI=1S/C13H19N3O2S2/c1-2-13(6-4-7-13)9-16-20(17,18)10-5-3-8-15-11(10)12(14)19/h3,5,8,16H,2,4,6-7,9H2,1H3,(H2,14,19). The highest BCUT2D eigenvalue weighted by Gasteiger charge is 2.36. The monoisotopic (exact) mass is 313 g/mol. The largest absolute Gasteiger partial charge is 0.388 e. The van der Waals surface area contributed by atoms with Gasteiger partial charge in [-0.1, -0.05) is 25.6 Å². The van der Waals surface area contributed by atoms with Crippen molar-refractivity contribution in [2.75, 3.05) is 6.54 Å². The van der Waals surface area contributed by atoms with Gasteiger partial charge in [0.2, 0.25) is 10.0 Å². The maximum absolute atomic E-state index is 12.4. The number of hydrogen-bond acceptors (Lipinski definition) is 4. The van der Waals surface area contributed by atoms with E-state index in [1.807, 2.05) is 0 Å². The zero-order chi connectivity index (χ0) is 14.8. The van der Waals surface area contributed by atoms with E-state index < -0.39 is 10.0 Å². The molecule has 0 amide bonds. The first-order valence-corrected chi connectivity index (χ1v) is 8.54. The zero-order valence-corrected chi connectivity index (χ0v) is 13.1. The normalized spacial score (nSPS) is 17.4. The number of hydrogen-bond donors (Lipinski definition) is 2. The fraction of sp³-hybridized carbons (Fsp3) is 0.538. The van der Waals surface area contributed by atoms with Crippen molar-refractivity contribution in [3.05, 3.63) is 24.0 Å². The van der Waals surface area contributed by atoms with Crippen molar-refractivity contribution in [1.29, 1.82) is 0 Å². The molecule has 5 nitrogen and oxygen atoms in total. The molecule has 1 aromatic heterocycles. The predicted octanol–water partition coefficient (Wildman–Crippen LogP) is 1.57. The van der Waals surface area contributed by atoms with E-state index in [2.05, 4.69) is 16.6 Å². The molecule has 110 valence electrons. The van der Waals surface area contributed by atoms with Crippen molar-refractivity contribution in [2.45, 2.75) is 37.5 Å². The lowest BCUT2D eigenvalue weighted by Crippen LogP contribution is -2.42. The van der Waals surface area contributed by atoms with Gasteiger partial charge in [0.1, 0.15) is 15.6 Å². The van der Waals surface area contributed by atoms with Crippen molar-refractivity contribution < 1.29 is 8.42 Å². The molecule has 1 heterocycles. The highest BCUT2D eigenvalue weighted by Crippen LogP contribution is 2.43. The molecule has 0 aliphatic heterocycles. The van der Waals surface area contributed by atoms with Crippen LogP contribution in [0.2, 0.25) is 0 Å². The van der Waals surface area contributed by atoms with Gasteiger partial charge in [-0.15, -0.1) is 0 Å². The van der Waals surface area contributed by atoms with Crippen LogP contribution >= 0.6 is 12.2 Å². The quantitative estimate of drug-likeness (QED) is 0.779. The number of rotatable bonds is 6. The van der Waals surface area contributed by atoms with E-state index in [0.29, 0.717) is 6.54 Å². The first-order valence-electron chi connectivity index (χ1n) is 6.65. The van der Waals surface area contributed by atoms with Gasteiger partial charge in [-0.05, 0) is 36.8 Å². The van der Waals surface area contributed by atoms with Gasteiger partial charge >= 0.3 is 0 Å². The first-order chi connectivity index (χ1) is 9.40. The molecule has 7 heteroatoms. The fourth-order valence-electron chi connectivity index (χ4n) is 2.45. The van der Waals surface area contributed by atoms with Crippen LogP contribution < -0.4 is 10.5 Å². The Morgan fingerprint density at radius 3 is 2.75 bits per heavy atom. The molecule has 3 N–H and O–H groups in total. The molecule has 1 aliphatic rings. The summed E-state index contributed by atoms with van der Waals surface area (Å²) in [5, 5.41) is 0. The number of aromatic nitrogens is 1. The van der Waals surface area contributed by atoms with Crippen molar-refractivity contribution in [2.24, 2.45) is 11.1 Å². The SMILES string of the molecule is CCC1(CNS(=O)(=O)c2cccnc2C(N)=S)CCC1. The summed E-state index contributed by atoms with van der Waals surface area (Å²) < 4.78 is 27.5. The van der Waals surface area contributed by atoms with E-state index in [-0.39, 0.29) is 21.0 Å². The molecule has 1 saturated carbocycles. The maximum atomic E-state index is 12.4. The third-order valence-electron chi connectivity index (χ3n) is 4.10. The van der Waals surface area contributed by atoms with Crippen molar-refractivity contribution in [3.63, 3.8) is 0 Å².